The number of allylic oxidation sites excluding steroid dienone is 1. The summed E-state index contributed by atoms with van der Waals surface area (Å²) in [5.41, 5.74) is 2.37. The Hall–Kier alpha value is 0.134. The fraction of sp³-hybridized carbons (Fsp3) is 0.846. The summed E-state index contributed by atoms with van der Waals surface area (Å²) in [7, 11) is -2.89. The minimum Gasteiger partial charge on any atom is -0.453 e. The van der Waals surface area contributed by atoms with Gasteiger partial charge in [0.1, 0.15) is 0 Å². The van der Waals surface area contributed by atoms with Crippen LogP contribution in [0.1, 0.15) is 39.0 Å². The van der Waals surface area contributed by atoms with Crippen molar-refractivity contribution in [1.82, 2.24) is 0 Å². The predicted molar refractivity (Wildman–Crippen MR) is 79.8 cm³/mol. The molecule has 0 atom stereocenters. The molecule has 3 heteroatoms. The molecule has 0 aliphatic heterocycles. The van der Waals surface area contributed by atoms with Gasteiger partial charge in [0.05, 0.1) is 0 Å². The molecule has 0 amide bonds. The molecule has 0 spiro atoms. The van der Waals surface area contributed by atoms with Crippen LogP contribution in [0.25, 0.3) is 0 Å². The SMILES string of the molecule is CCCCCC/C=C/[Si](C)(C)O[Si](C)(C)C. The molecule has 0 fully saturated rings. The second-order valence-electron chi connectivity index (χ2n) is 6.07. The highest BCUT2D eigenvalue weighted by atomic mass is 28.4. The fourth-order valence-electron chi connectivity index (χ4n) is 1.88. The molecular formula is C13H30OSi2. The summed E-state index contributed by atoms with van der Waals surface area (Å²) in [6.45, 7) is 13.7. The normalized spacial score (nSPS) is 13.6. The van der Waals surface area contributed by atoms with Crippen molar-refractivity contribution in [3.05, 3.63) is 11.8 Å². The van der Waals surface area contributed by atoms with E-state index in [0.29, 0.717) is 0 Å². The van der Waals surface area contributed by atoms with Gasteiger partial charge < -0.3 is 4.12 Å². The quantitative estimate of drug-likeness (QED) is 0.434. The molecule has 0 N–H and O–H groups in total. The van der Waals surface area contributed by atoms with E-state index in [9.17, 15) is 0 Å². The molecule has 0 rings (SSSR count). The van der Waals surface area contributed by atoms with Crippen molar-refractivity contribution >= 4 is 16.6 Å². The van der Waals surface area contributed by atoms with Crippen LogP contribution in [0.3, 0.4) is 0 Å². The fourth-order valence-corrected chi connectivity index (χ4v) is 9.20. The number of unbranched alkanes of at least 4 members (excludes halogenated alkanes) is 4. The number of rotatable bonds is 8. The third-order valence-corrected chi connectivity index (χ3v) is 7.91. The molecule has 0 radical (unpaired) electrons. The van der Waals surface area contributed by atoms with Gasteiger partial charge >= 0.3 is 0 Å². The van der Waals surface area contributed by atoms with E-state index in [2.05, 4.69) is 51.4 Å². The van der Waals surface area contributed by atoms with Crippen LogP contribution in [0, 0.1) is 0 Å². The average molecular weight is 259 g/mol. The molecule has 0 aliphatic rings. The molecule has 1 nitrogen and oxygen atoms in total. The largest absolute Gasteiger partial charge is 0.453 e. The maximum atomic E-state index is 6.24. The Morgan fingerprint density at radius 1 is 0.938 bits per heavy atom. The van der Waals surface area contributed by atoms with Gasteiger partial charge in [-0.05, 0) is 45.6 Å². The topological polar surface area (TPSA) is 9.23 Å². The predicted octanol–water partition coefficient (Wildman–Crippen LogP) is 5.11. The Kier molecular flexibility index (Phi) is 7.52. The van der Waals surface area contributed by atoms with Crippen molar-refractivity contribution < 1.29 is 4.12 Å². The Morgan fingerprint density at radius 3 is 2.06 bits per heavy atom. The van der Waals surface area contributed by atoms with E-state index in [-0.39, 0.29) is 0 Å². The summed E-state index contributed by atoms with van der Waals surface area (Å²) in [6.07, 6.45) is 8.98. The van der Waals surface area contributed by atoms with Crippen LogP contribution in [-0.2, 0) is 4.12 Å². The standard InChI is InChI=1S/C13H30OSi2/c1-7-8-9-10-11-12-13-16(5,6)14-15(2,3)4/h12-13H,7-11H2,1-6H3/b13-12+. The lowest BCUT2D eigenvalue weighted by atomic mass is 10.2. The molecule has 0 bridgehead atoms. The smallest absolute Gasteiger partial charge is 0.198 e. The van der Waals surface area contributed by atoms with Gasteiger partial charge in [-0.15, -0.1) is 0 Å². The third-order valence-electron chi connectivity index (χ3n) is 2.31. The summed E-state index contributed by atoms with van der Waals surface area (Å²) < 4.78 is 6.24. The molecule has 0 aromatic rings. The van der Waals surface area contributed by atoms with E-state index in [4.69, 9.17) is 4.12 Å². The van der Waals surface area contributed by atoms with Crippen molar-refractivity contribution in [2.24, 2.45) is 0 Å². The van der Waals surface area contributed by atoms with Crippen LogP contribution in [0.5, 0.6) is 0 Å². The first-order chi connectivity index (χ1) is 7.27. The van der Waals surface area contributed by atoms with Crippen LogP contribution in [-0.4, -0.2) is 16.6 Å². The van der Waals surface area contributed by atoms with E-state index in [1.807, 2.05) is 0 Å². The van der Waals surface area contributed by atoms with E-state index in [1.165, 1.54) is 32.1 Å². The van der Waals surface area contributed by atoms with Gasteiger partial charge in [-0.1, -0.05) is 38.0 Å². The minimum absolute atomic E-state index is 1.23. The molecule has 0 saturated heterocycles. The van der Waals surface area contributed by atoms with Crippen LogP contribution in [0.4, 0.5) is 0 Å². The van der Waals surface area contributed by atoms with Gasteiger partial charge in [0.15, 0.2) is 16.6 Å². The van der Waals surface area contributed by atoms with Gasteiger partial charge in [-0.3, -0.25) is 0 Å². The van der Waals surface area contributed by atoms with Crippen LogP contribution >= 0.6 is 0 Å². The lowest BCUT2D eigenvalue weighted by Gasteiger charge is -2.28. The van der Waals surface area contributed by atoms with Gasteiger partial charge in [-0.25, -0.2) is 0 Å². The molecule has 0 heterocycles. The first kappa shape index (κ1) is 16.1. The van der Waals surface area contributed by atoms with Crippen molar-refractivity contribution in [2.45, 2.75) is 71.8 Å². The zero-order chi connectivity index (χ0) is 12.7. The van der Waals surface area contributed by atoms with Crippen molar-refractivity contribution in [3.8, 4) is 0 Å². The van der Waals surface area contributed by atoms with Crippen molar-refractivity contribution in [2.75, 3.05) is 0 Å². The van der Waals surface area contributed by atoms with Crippen LogP contribution < -0.4 is 0 Å². The Morgan fingerprint density at radius 2 is 1.56 bits per heavy atom. The third kappa shape index (κ3) is 10.6. The van der Waals surface area contributed by atoms with E-state index < -0.39 is 16.6 Å². The van der Waals surface area contributed by atoms with Gasteiger partial charge in [0.25, 0.3) is 0 Å². The lowest BCUT2D eigenvalue weighted by molar-refractivity contribution is 0.564. The van der Waals surface area contributed by atoms with E-state index >= 15 is 0 Å². The zero-order valence-electron chi connectivity index (χ0n) is 12.1. The molecule has 0 aliphatic carbocycles. The summed E-state index contributed by atoms with van der Waals surface area (Å²) in [6, 6.07) is 0. The summed E-state index contributed by atoms with van der Waals surface area (Å²) in [5, 5.41) is 0. The Bertz CT molecular complexity index is 204. The molecule has 96 valence electrons. The van der Waals surface area contributed by atoms with Crippen LogP contribution in [0.2, 0.25) is 32.7 Å². The van der Waals surface area contributed by atoms with Gasteiger partial charge in [0.2, 0.25) is 0 Å². The Labute approximate surface area is 105 Å². The molecule has 0 aromatic heterocycles. The summed E-state index contributed by atoms with van der Waals surface area (Å²) in [4.78, 5) is 0. The highest BCUT2D eigenvalue weighted by Gasteiger charge is 2.26. The average Bonchev–Trinajstić information content (AvgIpc) is 2.06. The second-order valence-corrected chi connectivity index (χ2v) is 14.7. The number of hydrogen-bond donors (Lipinski definition) is 0. The summed E-state index contributed by atoms with van der Waals surface area (Å²) in [5.74, 6) is 0. The van der Waals surface area contributed by atoms with Gasteiger partial charge in [0, 0.05) is 0 Å². The highest BCUT2D eigenvalue weighted by Crippen LogP contribution is 2.15. The first-order valence-corrected chi connectivity index (χ1v) is 13.0. The van der Waals surface area contributed by atoms with Crippen LogP contribution in [0.15, 0.2) is 11.8 Å². The summed E-state index contributed by atoms with van der Waals surface area (Å²) >= 11 is 0. The highest BCUT2D eigenvalue weighted by molar-refractivity contribution is 6.86. The molecule has 0 unspecified atom stereocenters. The van der Waals surface area contributed by atoms with E-state index in [0.717, 1.165) is 0 Å². The van der Waals surface area contributed by atoms with Crippen molar-refractivity contribution in [1.29, 1.82) is 0 Å². The molecule has 16 heavy (non-hydrogen) atoms. The van der Waals surface area contributed by atoms with Gasteiger partial charge in [-0.2, -0.15) is 0 Å². The maximum Gasteiger partial charge on any atom is 0.198 e. The first-order valence-electron chi connectivity index (χ1n) is 6.65. The Balaban J connectivity index is 3.83. The lowest BCUT2D eigenvalue weighted by Crippen LogP contribution is -2.40. The zero-order valence-corrected chi connectivity index (χ0v) is 14.1. The maximum absolute atomic E-state index is 6.24. The minimum atomic E-state index is -1.53. The van der Waals surface area contributed by atoms with E-state index in [1.54, 1.807) is 0 Å². The monoisotopic (exact) mass is 258 g/mol. The van der Waals surface area contributed by atoms with Crippen molar-refractivity contribution in [3.63, 3.8) is 0 Å². The number of hydrogen-bond acceptors (Lipinski definition) is 1. The second kappa shape index (κ2) is 7.46. The molecular weight excluding hydrogens is 228 g/mol. The molecule has 0 aromatic carbocycles. The molecule has 0 saturated carbocycles.